The summed E-state index contributed by atoms with van der Waals surface area (Å²) in [5.41, 5.74) is 3.42. The van der Waals surface area contributed by atoms with Crippen molar-refractivity contribution in [1.82, 2.24) is 19.9 Å². The lowest BCUT2D eigenvalue weighted by Gasteiger charge is -2.28. The Hall–Kier alpha value is -2.54. The van der Waals surface area contributed by atoms with Crippen molar-refractivity contribution in [2.45, 2.75) is 13.1 Å². The molecule has 0 unspecified atom stereocenters. The van der Waals surface area contributed by atoms with Crippen LogP contribution in [0.25, 0.3) is 0 Å². The number of H-pyrrole nitrogens is 1. The molecule has 104 valence electrons. The van der Waals surface area contributed by atoms with Gasteiger partial charge in [-0.05, 0) is 18.2 Å². The van der Waals surface area contributed by atoms with Crippen molar-refractivity contribution < 1.29 is 14.8 Å². The lowest BCUT2D eigenvalue weighted by atomic mass is 10.2. The van der Waals surface area contributed by atoms with E-state index in [9.17, 15) is 9.59 Å². The van der Waals surface area contributed by atoms with Crippen molar-refractivity contribution in [2.24, 2.45) is 0 Å². The Morgan fingerprint density at radius 3 is 2.90 bits per heavy atom. The van der Waals surface area contributed by atoms with Gasteiger partial charge >= 0.3 is 0 Å². The molecule has 0 aromatic carbocycles. The summed E-state index contributed by atoms with van der Waals surface area (Å²) in [6.07, 6.45) is 3.39. The van der Waals surface area contributed by atoms with E-state index in [0.29, 0.717) is 30.9 Å². The average Bonchev–Trinajstić information content (AvgIpc) is 3.13. The number of nitrogens with one attached hydrogen (secondary N) is 2. The number of carbonyl (C=O) groups is 2. The predicted molar refractivity (Wildman–Crippen MR) is 69.2 cm³/mol. The van der Waals surface area contributed by atoms with E-state index >= 15 is 0 Å². The molecule has 7 nitrogen and oxygen atoms in total. The maximum atomic E-state index is 12.2. The Balaban J connectivity index is 1.80. The van der Waals surface area contributed by atoms with E-state index < -0.39 is 5.91 Å². The van der Waals surface area contributed by atoms with Crippen molar-refractivity contribution in [1.29, 1.82) is 0 Å². The van der Waals surface area contributed by atoms with Gasteiger partial charge in [0.2, 0.25) is 0 Å². The van der Waals surface area contributed by atoms with Crippen LogP contribution < -0.4 is 5.48 Å². The Labute approximate surface area is 114 Å². The summed E-state index contributed by atoms with van der Waals surface area (Å²) in [6, 6.07) is 5.20. The molecule has 3 heterocycles. The van der Waals surface area contributed by atoms with Crippen molar-refractivity contribution in [3.63, 3.8) is 0 Å². The minimum Gasteiger partial charge on any atom is -0.357 e. The highest BCUT2D eigenvalue weighted by Crippen LogP contribution is 2.18. The number of aromatic amines is 1. The standard InChI is InChI=1S/C13H14N4O3/c18-12(15-20)9-6-10-8-17(5-4-16(10)7-9)13(19)11-2-1-3-14-11/h1-3,6-7,14,20H,4-5,8H2,(H,15,18). The van der Waals surface area contributed by atoms with E-state index in [1.54, 1.807) is 41.0 Å². The highest BCUT2D eigenvalue weighted by Gasteiger charge is 2.23. The van der Waals surface area contributed by atoms with Crippen LogP contribution in [-0.2, 0) is 13.1 Å². The zero-order chi connectivity index (χ0) is 14.1. The molecule has 2 amide bonds. The Bertz CT molecular complexity index is 645. The SMILES string of the molecule is O=C(NO)c1cc2n(c1)CCN(C(=O)c1ccc[nH]1)C2. The number of hydroxylamine groups is 1. The van der Waals surface area contributed by atoms with Gasteiger partial charge in [-0.25, -0.2) is 5.48 Å². The van der Waals surface area contributed by atoms with Gasteiger partial charge in [-0.3, -0.25) is 14.8 Å². The van der Waals surface area contributed by atoms with Crippen molar-refractivity contribution in [3.8, 4) is 0 Å². The second-order valence-corrected chi connectivity index (χ2v) is 4.66. The topological polar surface area (TPSA) is 90.4 Å². The zero-order valence-electron chi connectivity index (χ0n) is 10.7. The van der Waals surface area contributed by atoms with Gasteiger partial charge in [0.1, 0.15) is 5.69 Å². The normalized spacial score (nSPS) is 13.9. The zero-order valence-corrected chi connectivity index (χ0v) is 10.7. The Morgan fingerprint density at radius 1 is 1.35 bits per heavy atom. The van der Waals surface area contributed by atoms with Gasteiger partial charge in [0.15, 0.2) is 0 Å². The van der Waals surface area contributed by atoms with Gasteiger partial charge in [-0.1, -0.05) is 0 Å². The third-order valence-electron chi connectivity index (χ3n) is 3.43. The van der Waals surface area contributed by atoms with E-state index in [-0.39, 0.29) is 5.91 Å². The van der Waals surface area contributed by atoms with Crippen LogP contribution in [0.15, 0.2) is 30.6 Å². The van der Waals surface area contributed by atoms with Gasteiger partial charge < -0.3 is 14.5 Å². The summed E-state index contributed by atoms with van der Waals surface area (Å²) in [5, 5.41) is 8.64. The molecule has 1 aliphatic rings. The lowest BCUT2D eigenvalue weighted by molar-refractivity contribution is 0.0699. The molecule has 0 saturated carbocycles. The van der Waals surface area contributed by atoms with E-state index in [2.05, 4.69) is 4.98 Å². The third-order valence-corrected chi connectivity index (χ3v) is 3.43. The molecule has 3 N–H and O–H groups in total. The van der Waals surface area contributed by atoms with E-state index in [4.69, 9.17) is 5.21 Å². The Kier molecular flexibility index (Phi) is 3.03. The number of amides is 2. The van der Waals surface area contributed by atoms with Crippen LogP contribution in [-0.4, -0.2) is 38.0 Å². The molecule has 1 aliphatic heterocycles. The highest BCUT2D eigenvalue weighted by atomic mass is 16.5. The van der Waals surface area contributed by atoms with E-state index in [1.165, 1.54) is 0 Å². The molecule has 0 bridgehead atoms. The van der Waals surface area contributed by atoms with Crippen LogP contribution in [0.3, 0.4) is 0 Å². The van der Waals surface area contributed by atoms with Crippen LogP contribution in [0.2, 0.25) is 0 Å². The summed E-state index contributed by atoms with van der Waals surface area (Å²) in [5.74, 6) is -0.607. The minimum absolute atomic E-state index is 0.0596. The number of hydrogen-bond donors (Lipinski definition) is 3. The third kappa shape index (κ3) is 2.08. The molecule has 2 aromatic heterocycles. The molecule has 0 radical (unpaired) electrons. The molecule has 3 rings (SSSR count). The number of rotatable bonds is 2. The lowest BCUT2D eigenvalue weighted by Crippen LogP contribution is -2.38. The molecular weight excluding hydrogens is 260 g/mol. The second kappa shape index (κ2) is 4.86. The second-order valence-electron chi connectivity index (χ2n) is 4.66. The molecule has 7 heteroatoms. The predicted octanol–water partition coefficient (Wildman–Crippen LogP) is 0.591. The first-order valence-corrected chi connectivity index (χ1v) is 6.25. The van der Waals surface area contributed by atoms with Gasteiger partial charge in [0.25, 0.3) is 11.8 Å². The van der Waals surface area contributed by atoms with E-state index in [1.807, 2.05) is 4.57 Å². The number of carbonyl (C=O) groups excluding carboxylic acids is 2. The summed E-state index contributed by atoms with van der Waals surface area (Å²) in [7, 11) is 0. The summed E-state index contributed by atoms with van der Waals surface area (Å²) < 4.78 is 1.92. The van der Waals surface area contributed by atoms with Crippen molar-refractivity contribution in [3.05, 3.63) is 47.5 Å². The summed E-state index contributed by atoms with van der Waals surface area (Å²) in [4.78, 5) is 28.2. The van der Waals surface area contributed by atoms with Gasteiger partial charge in [0.05, 0.1) is 12.1 Å². The molecule has 0 aliphatic carbocycles. The molecule has 2 aromatic rings. The number of nitrogens with zero attached hydrogens (tertiary/aromatic N) is 2. The highest BCUT2D eigenvalue weighted by molar-refractivity contribution is 5.94. The number of hydrogen-bond acceptors (Lipinski definition) is 3. The van der Waals surface area contributed by atoms with Crippen LogP contribution in [0.1, 0.15) is 26.5 Å². The fraction of sp³-hybridized carbons (Fsp3) is 0.231. The molecule has 0 fully saturated rings. The molecule has 0 spiro atoms. The number of fused-ring (bicyclic) bond motifs is 1. The minimum atomic E-state index is -0.547. The first-order chi connectivity index (χ1) is 9.69. The summed E-state index contributed by atoms with van der Waals surface area (Å²) in [6.45, 7) is 1.65. The molecule has 0 saturated heterocycles. The number of aromatic nitrogens is 2. The quantitative estimate of drug-likeness (QED) is 0.553. The van der Waals surface area contributed by atoms with E-state index in [0.717, 1.165) is 5.69 Å². The van der Waals surface area contributed by atoms with Crippen LogP contribution in [0, 0.1) is 0 Å². The fourth-order valence-electron chi connectivity index (χ4n) is 2.39. The first-order valence-electron chi connectivity index (χ1n) is 6.25. The maximum Gasteiger partial charge on any atom is 0.276 e. The average molecular weight is 274 g/mol. The summed E-state index contributed by atoms with van der Waals surface area (Å²) >= 11 is 0. The van der Waals surface area contributed by atoms with Crippen molar-refractivity contribution >= 4 is 11.8 Å². The smallest absolute Gasteiger partial charge is 0.276 e. The Morgan fingerprint density at radius 2 is 2.20 bits per heavy atom. The molecule has 0 atom stereocenters. The fourth-order valence-corrected chi connectivity index (χ4v) is 2.39. The van der Waals surface area contributed by atoms with Gasteiger partial charge in [-0.15, -0.1) is 0 Å². The van der Waals surface area contributed by atoms with Gasteiger partial charge in [0, 0.05) is 31.2 Å². The van der Waals surface area contributed by atoms with Crippen LogP contribution >= 0.6 is 0 Å². The maximum absolute atomic E-state index is 12.2. The van der Waals surface area contributed by atoms with Crippen molar-refractivity contribution in [2.75, 3.05) is 6.54 Å². The first kappa shape index (κ1) is 12.5. The van der Waals surface area contributed by atoms with Crippen LogP contribution in [0.5, 0.6) is 0 Å². The van der Waals surface area contributed by atoms with Gasteiger partial charge in [-0.2, -0.15) is 0 Å². The molecular formula is C13H14N4O3. The molecule has 20 heavy (non-hydrogen) atoms. The monoisotopic (exact) mass is 274 g/mol. The van der Waals surface area contributed by atoms with Crippen LogP contribution in [0.4, 0.5) is 0 Å². The largest absolute Gasteiger partial charge is 0.357 e.